The normalized spacial score (nSPS) is 15.5. The monoisotopic (exact) mass is 368 g/mol. The summed E-state index contributed by atoms with van der Waals surface area (Å²) in [6.45, 7) is 29.1. The Morgan fingerprint density at radius 2 is 0.789 bits per heavy atom. The van der Waals surface area contributed by atoms with Gasteiger partial charge in [-0.15, -0.1) is 0 Å². The Morgan fingerprint density at radius 1 is 0.579 bits per heavy atom. The second kappa shape index (κ2) is 5.93. The van der Waals surface area contributed by atoms with Gasteiger partial charge in [0.1, 0.15) is 0 Å². The van der Waals surface area contributed by atoms with Crippen LogP contribution in [-0.4, -0.2) is 50.1 Å². The SMILES string of the molecule is CC(C)(C)N([Se]N(C(C)(C)C)[Si](C)(C)C)[Si](C)(C)C. The predicted octanol–water partition coefficient (Wildman–Crippen LogP) is 4.39. The Balaban J connectivity index is 5.43. The molecule has 0 aliphatic heterocycles. The molecule has 0 aliphatic rings. The van der Waals surface area contributed by atoms with Gasteiger partial charge in [0.2, 0.25) is 0 Å². The van der Waals surface area contributed by atoms with Crippen molar-refractivity contribution in [1.82, 2.24) is 7.16 Å². The summed E-state index contributed by atoms with van der Waals surface area (Å²) in [5, 5.41) is 0. The fraction of sp³-hybridized carbons (Fsp3) is 1.00. The van der Waals surface area contributed by atoms with E-state index in [9.17, 15) is 0 Å². The Bertz CT molecular complexity index is 235. The first-order valence-corrected chi connectivity index (χ1v) is 15.7. The predicted molar refractivity (Wildman–Crippen MR) is 95.6 cm³/mol. The standard InChI is InChI=1S/C14H36N2SeSi2/c1-13(2,3)15(18(7,8)9)17-16(14(4,5)6)19(10,11)12/h1-12H3. The van der Waals surface area contributed by atoms with E-state index in [-0.39, 0.29) is 11.1 Å². The molecule has 0 radical (unpaired) electrons. The molecule has 0 unspecified atom stereocenters. The van der Waals surface area contributed by atoms with Crippen LogP contribution in [0.1, 0.15) is 41.5 Å². The van der Waals surface area contributed by atoms with E-state index < -0.39 is 16.5 Å². The Labute approximate surface area is 131 Å². The van der Waals surface area contributed by atoms with Crippen molar-refractivity contribution >= 4 is 31.9 Å². The van der Waals surface area contributed by atoms with Gasteiger partial charge in [0, 0.05) is 0 Å². The summed E-state index contributed by atoms with van der Waals surface area (Å²) in [7, 11) is -2.60. The van der Waals surface area contributed by atoms with Crippen LogP contribution >= 0.6 is 0 Å². The van der Waals surface area contributed by atoms with Crippen molar-refractivity contribution in [3.63, 3.8) is 0 Å². The van der Waals surface area contributed by atoms with Gasteiger partial charge in [0.25, 0.3) is 0 Å². The minimum atomic E-state index is -1.30. The third-order valence-electron chi connectivity index (χ3n) is 2.60. The molecule has 0 bridgehead atoms. The van der Waals surface area contributed by atoms with Crippen LogP contribution in [0.3, 0.4) is 0 Å². The molecule has 0 aromatic heterocycles. The molecule has 0 atom stereocenters. The van der Waals surface area contributed by atoms with Crippen molar-refractivity contribution in [3.8, 4) is 0 Å². The minimum absolute atomic E-state index is 0.271. The maximum absolute atomic E-state index is 2.83. The molecule has 0 N–H and O–H groups in total. The molecule has 0 spiro atoms. The van der Waals surface area contributed by atoms with Crippen LogP contribution in [0.25, 0.3) is 0 Å². The first kappa shape index (κ1) is 19.9. The summed E-state index contributed by atoms with van der Waals surface area (Å²) in [4.78, 5) is 0. The van der Waals surface area contributed by atoms with Crippen LogP contribution in [0.15, 0.2) is 0 Å². The fourth-order valence-electron chi connectivity index (χ4n) is 2.58. The van der Waals surface area contributed by atoms with E-state index in [0.717, 1.165) is 0 Å². The zero-order chi connectivity index (χ0) is 15.9. The molecule has 0 aromatic rings. The van der Waals surface area contributed by atoms with Gasteiger partial charge >= 0.3 is 131 Å². The van der Waals surface area contributed by atoms with Gasteiger partial charge in [-0.1, -0.05) is 0 Å². The molecule has 0 saturated heterocycles. The number of hydrogen-bond acceptors (Lipinski definition) is 2. The van der Waals surface area contributed by atoms with Crippen molar-refractivity contribution in [2.75, 3.05) is 0 Å². The quantitative estimate of drug-likeness (QED) is 0.680. The molecule has 0 saturated carbocycles. The number of nitrogens with zero attached hydrogens (tertiary/aromatic N) is 2. The van der Waals surface area contributed by atoms with Crippen molar-refractivity contribution in [1.29, 1.82) is 0 Å². The van der Waals surface area contributed by atoms with Crippen LogP contribution in [0.2, 0.25) is 39.3 Å². The molecule has 116 valence electrons. The fourth-order valence-corrected chi connectivity index (χ4v) is 12.8. The molecule has 2 nitrogen and oxygen atoms in total. The third-order valence-corrected chi connectivity index (χ3v) is 17.1. The van der Waals surface area contributed by atoms with E-state index in [4.69, 9.17) is 0 Å². The molecule has 0 heterocycles. The van der Waals surface area contributed by atoms with Crippen molar-refractivity contribution in [3.05, 3.63) is 0 Å². The van der Waals surface area contributed by atoms with Crippen LogP contribution in [0.4, 0.5) is 0 Å². The van der Waals surface area contributed by atoms with Gasteiger partial charge in [-0.3, -0.25) is 0 Å². The van der Waals surface area contributed by atoms with Gasteiger partial charge in [-0.05, 0) is 0 Å². The van der Waals surface area contributed by atoms with E-state index in [1.807, 2.05) is 0 Å². The van der Waals surface area contributed by atoms with E-state index in [0.29, 0.717) is 15.4 Å². The van der Waals surface area contributed by atoms with E-state index in [2.05, 4.69) is 88.0 Å². The summed E-state index contributed by atoms with van der Waals surface area (Å²) in [6, 6.07) is 0. The molecule has 0 aromatic carbocycles. The molecule has 5 heteroatoms. The summed E-state index contributed by atoms with van der Waals surface area (Å²) >= 11 is 0.436. The molecular weight excluding hydrogens is 331 g/mol. The van der Waals surface area contributed by atoms with Gasteiger partial charge < -0.3 is 0 Å². The summed E-state index contributed by atoms with van der Waals surface area (Å²) < 4.78 is 5.66. The van der Waals surface area contributed by atoms with Crippen molar-refractivity contribution in [2.45, 2.75) is 91.9 Å². The molecular formula is C14H36N2SeSi2. The average molecular weight is 368 g/mol. The zero-order valence-electron chi connectivity index (χ0n) is 15.3. The summed E-state index contributed by atoms with van der Waals surface area (Å²) in [5.74, 6) is 0. The van der Waals surface area contributed by atoms with Crippen molar-refractivity contribution in [2.24, 2.45) is 0 Å². The van der Waals surface area contributed by atoms with Gasteiger partial charge in [0.15, 0.2) is 0 Å². The molecule has 0 aliphatic carbocycles. The first-order chi connectivity index (χ1) is 7.97. The summed E-state index contributed by atoms with van der Waals surface area (Å²) in [6.07, 6.45) is 0. The summed E-state index contributed by atoms with van der Waals surface area (Å²) in [5.41, 5.74) is 0.543. The average Bonchev–Trinajstić information content (AvgIpc) is 1.91. The van der Waals surface area contributed by atoms with Gasteiger partial charge in [-0.25, -0.2) is 0 Å². The number of hydrogen-bond donors (Lipinski definition) is 0. The Hall–Kier alpha value is 0.873. The molecule has 0 amide bonds. The topological polar surface area (TPSA) is 6.48 Å². The van der Waals surface area contributed by atoms with E-state index in [1.54, 1.807) is 0 Å². The number of rotatable bonds is 4. The second-order valence-corrected chi connectivity index (χ2v) is 22.3. The first-order valence-electron chi connectivity index (χ1n) is 7.26. The molecule has 0 fully saturated rings. The molecule has 19 heavy (non-hydrogen) atoms. The molecule has 0 rings (SSSR count). The van der Waals surface area contributed by atoms with Crippen LogP contribution < -0.4 is 0 Å². The Morgan fingerprint density at radius 3 is 0.895 bits per heavy atom. The Kier molecular flexibility index (Phi) is 6.21. The second-order valence-electron chi connectivity index (χ2n) is 9.35. The third kappa shape index (κ3) is 6.45. The maximum atomic E-state index is 2.83. The van der Waals surface area contributed by atoms with E-state index in [1.165, 1.54) is 0 Å². The van der Waals surface area contributed by atoms with Gasteiger partial charge in [-0.2, -0.15) is 0 Å². The zero-order valence-corrected chi connectivity index (χ0v) is 19.0. The van der Waals surface area contributed by atoms with Crippen molar-refractivity contribution < 1.29 is 0 Å². The van der Waals surface area contributed by atoms with Crippen LogP contribution in [-0.2, 0) is 0 Å². The van der Waals surface area contributed by atoms with E-state index >= 15 is 0 Å². The van der Waals surface area contributed by atoms with Crippen LogP contribution in [0.5, 0.6) is 0 Å². The van der Waals surface area contributed by atoms with Crippen LogP contribution in [0, 0.1) is 0 Å². The van der Waals surface area contributed by atoms with Gasteiger partial charge in [0.05, 0.1) is 0 Å².